The Bertz CT molecular complexity index is 1180. The van der Waals surface area contributed by atoms with Gasteiger partial charge in [-0.15, -0.1) is 0 Å². The monoisotopic (exact) mass is 448 g/mol. The minimum atomic E-state index is -3.63. The van der Waals surface area contributed by atoms with Gasteiger partial charge < -0.3 is 9.47 Å². The van der Waals surface area contributed by atoms with Crippen molar-refractivity contribution in [1.29, 1.82) is 0 Å². The number of hydrogen-bond donors (Lipinski definition) is 0. The van der Waals surface area contributed by atoms with Gasteiger partial charge in [-0.3, -0.25) is 24.6 Å². The summed E-state index contributed by atoms with van der Waals surface area (Å²) in [5.74, 6) is -1.32. The lowest BCUT2D eigenvalue weighted by molar-refractivity contribution is -0.384. The summed E-state index contributed by atoms with van der Waals surface area (Å²) >= 11 is 0. The summed E-state index contributed by atoms with van der Waals surface area (Å²) in [6.45, 7) is 2.07. The molecule has 0 N–H and O–H groups in total. The summed E-state index contributed by atoms with van der Waals surface area (Å²) in [7, 11) is -2.18. The van der Waals surface area contributed by atoms with E-state index in [2.05, 4.69) is 0 Å². The number of non-ortho nitro benzene ring substituents is 1. The number of methoxy groups -OCH3 is 1. The molecule has 2 amide bonds. The molecule has 1 unspecified atom stereocenters. The lowest BCUT2D eigenvalue weighted by Gasteiger charge is -2.26. The second-order valence-corrected chi connectivity index (χ2v) is 9.10. The van der Waals surface area contributed by atoms with Crippen molar-refractivity contribution in [3.63, 3.8) is 0 Å². The maximum absolute atomic E-state index is 13.0. The summed E-state index contributed by atoms with van der Waals surface area (Å²) in [5.41, 5.74) is -0.160. The zero-order chi connectivity index (χ0) is 22.9. The van der Waals surface area contributed by atoms with Crippen LogP contribution in [0.4, 0.5) is 5.69 Å². The summed E-state index contributed by atoms with van der Waals surface area (Å²) in [4.78, 5) is 37.3. The molecule has 0 spiro atoms. The number of nitrogens with zero attached hydrogens (tertiary/aromatic N) is 2. The van der Waals surface area contributed by atoms with Gasteiger partial charge in [0.15, 0.2) is 11.5 Å². The zero-order valence-electron chi connectivity index (χ0n) is 17.0. The molecule has 0 aliphatic carbocycles. The van der Waals surface area contributed by atoms with Gasteiger partial charge in [-0.25, -0.2) is 8.42 Å². The van der Waals surface area contributed by atoms with Crippen molar-refractivity contribution >= 4 is 27.3 Å². The Morgan fingerprint density at radius 1 is 1.06 bits per heavy atom. The van der Waals surface area contributed by atoms with Crippen LogP contribution in [0.5, 0.6) is 11.5 Å². The first-order valence-electron chi connectivity index (χ1n) is 9.22. The Hall–Kier alpha value is -3.47. The van der Waals surface area contributed by atoms with Crippen LogP contribution in [0.3, 0.4) is 0 Å². The Labute approximate surface area is 178 Å². The van der Waals surface area contributed by atoms with E-state index >= 15 is 0 Å². The van der Waals surface area contributed by atoms with Crippen molar-refractivity contribution in [2.75, 3.05) is 25.7 Å². The van der Waals surface area contributed by atoms with E-state index in [1.807, 2.05) is 0 Å². The second-order valence-electron chi connectivity index (χ2n) is 6.92. The number of benzene rings is 2. The summed E-state index contributed by atoms with van der Waals surface area (Å²) in [6.07, 6.45) is 0.996. The number of nitro benzene ring substituents is 1. The van der Waals surface area contributed by atoms with E-state index in [-0.39, 0.29) is 16.8 Å². The van der Waals surface area contributed by atoms with E-state index in [9.17, 15) is 28.1 Å². The van der Waals surface area contributed by atoms with Gasteiger partial charge in [-0.2, -0.15) is 0 Å². The number of sulfone groups is 1. The van der Waals surface area contributed by atoms with E-state index in [1.165, 1.54) is 19.2 Å². The molecule has 0 saturated heterocycles. The van der Waals surface area contributed by atoms with Crippen molar-refractivity contribution in [2.24, 2.45) is 0 Å². The Morgan fingerprint density at radius 3 is 2.32 bits per heavy atom. The maximum Gasteiger partial charge on any atom is 0.270 e. The van der Waals surface area contributed by atoms with Crippen LogP contribution in [-0.2, 0) is 9.84 Å². The number of carbonyl (C=O) groups excluding carboxylic acids is 2. The molecule has 11 heteroatoms. The van der Waals surface area contributed by atoms with Crippen molar-refractivity contribution in [1.82, 2.24) is 4.90 Å². The average Bonchev–Trinajstić information content (AvgIpc) is 2.95. The number of imide groups is 1. The van der Waals surface area contributed by atoms with Gasteiger partial charge in [0.05, 0.1) is 41.6 Å². The van der Waals surface area contributed by atoms with Crippen molar-refractivity contribution in [3.05, 3.63) is 63.2 Å². The van der Waals surface area contributed by atoms with Crippen LogP contribution >= 0.6 is 0 Å². The van der Waals surface area contributed by atoms with Crippen LogP contribution in [-0.4, -0.2) is 55.8 Å². The van der Waals surface area contributed by atoms with Crippen LogP contribution < -0.4 is 9.47 Å². The lowest BCUT2D eigenvalue weighted by atomic mass is 10.1. The molecule has 1 aliphatic rings. The van der Waals surface area contributed by atoms with Crippen molar-refractivity contribution < 1.29 is 32.4 Å². The van der Waals surface area contributed by atoms with Gasteiger partial charge in [-0.1, -0.05) is 6.07 Å². The van der Waals surface area contributed by atoms with Crippen LogP contribution in [0.1, 0.15) is 39.2 Å². The second kappa shape index (κ2) is 8.34. The molecule has 0 aromatic heterocycles. The minimum Gasteiger partial charge on any atom is -0.493 e. The third-order valence-electron chi connectivity index (χ3n) is 4.76. The number of rotatable bonds is 8. The number of ether oxygens (including phenoxy) is 2. The highest BCUT2D eigenvalue weighted by Gasteiger charge is 2.42. The van der Waals surface area contributed by atoms with Gasteiger partial charge in [0, 0.05) is 18.4 Å². The third-order valence-corrected chi connectivity index (χ3v) is 5.68. The summed E-state index contributed by atoms with van der Waals surface area (Å²) in [6, 6.07) is 6.80. The van der Waals surface area contributed by atoms with Crippen molar-refractivity contribution in [3.8, 4) is 11.5 Å². The number of nitro groups is 1. The smallest absolute Gasteiger partial charge is 0.270 e. The lowest BCUT2D eigenvalue weighted by Crippen LogP contribution is -2.37. The largest absolute Gasteiger partial charge is 0.493 e. The third kappa shape index (κ3) is 4.36. The Balaban J connectivity index is 2.12. The molecule has 2 aromatic carbocycles. The molecule has 0 bridgehead atoms. The molecule has 3 rings (SSSR count). The molecular formula is C20H20N2O8S. The van der Waals surface area contributed by atoms with Crippen LogP contribution in [0.25, 0.3) is 0 Å². The van der Waals surface area contributed by atoms with E-state index in [0.29, 0.717) is 23.7 Å². The highest BCUT2D eigenvalue weighted by molar-refractivity contribution is 7.90. The minimum absolute atomic E-state index is 0.0207. The van der Waals surface area contributed by atoms with Gasteiger partial charge in [0.25, 0.3) is 17.5 Å². The average molecular weight is 448 g/mol. The van der Waals surface area contributed by atoms with E-state index in [1.54, 1.807) is 19.1 Å². The fourth-order valence-electron chi connectivity index (χ4n) is 3.42. The molecule has 0 saturated carbocycles. The predicted molar refractivity (Wildman–Crippen MR) is 110 cm³/mol. The van der Waals surface area contributed by atoms with Crippen LogP contribution in [0, 0.1) is 10.1 Å². The first-order valence-corrected chi connectivity index (χ1v) is 11.3. The number of hydrogen-bond acceptors (Lipinski definition) is 8. The molecule has 0 fully saturated rings. The molecule has 10 nitrogen and oxygen atoms in total. The van der Waals surface area contributed by atoms with E-state index < -0.39 is 38.4 Å². The topological polar surface area (TPSA) is 133 Å². The maximum atomic E-state index is 13.0. The summed E-state index contributed by atoms with van der Waals surface area (Å²) < 4.78 is 35.0. The van der Waals surface area contributed by atoms with Gasteiger partial charge in [0.2, 0.25) is 0 Å². The highest BCUT2D eigenvalue weighted by atomic mass is 32.2. The molecule has 2 aromatic rings. The first-order chi connectivity index (χ1) is 14.6. The fourth-order valence-corrected chi connectivity index (χ4v) is 4.33. The Kier molecular flexibility index (Phi) is 5.98. The van der Waals surface area contributed by atoms with E-state index in [4.69, 9.17) is 9.47 Å². The molecule has 0 radical (unpaired) electrons. The standard InChI is InChI=1S/C20H20N2O8S/c1-4-30-18-9-12(5-8-17(18)29-2)16(11-31(3,27)28)21-19(23)14-7-6-13(22(25)26)10-15(14)20(21)24/h5-10,16H,4,11H2,1-3H3. The van der Waals surface area contributed by atoms with Crippen LogP contribution in [0.15, 0.2) is 36.4 Å². The molecule has 31 heavy (non-hydrogen) atoms. The SMILES string of the molecule is CCOc1cc(C(CS(C)(=O)=O)N2C(=O)c3ccc([N+](=O)[O-])cc3C2=O)ccc1OC. The first kappa shape index (κ1) is 22.2. The molecule has 1 aliphatic heterocycles. The molecule has 1 heterocycles. The fraction of sp³-hybridized carbons (Fsp3) is 0.300. The van der Waals surface area contributed by atoms with Gasteiger partial charge >= 0.3 is 0 Å². The number of carbonyl (C=O) groups is 2. The quantitative estimate of drug-likeness (QED) is 0.341. The highest BCUT2D eigenvalue weighted by Crippen LogP contribution is 2.37. The Morgan fingerprint density at radius 2 is 1.74 bits per heavy atom. The number of amides is 2. The van der Waals surface area contributed by atoms with E-state index in [0.717, 1.165) is 23.3 Å². The van der Waals surface area contributed by atoms with Crippen LogP contribution in [0.2, 0.25) is 0 Å². The van der Waals surface area contributed by atoms with Gasteiger partial charge in [0.1, 0.15) is 9.84 Å². The van der Waals surface area contributed by atoms with Crippen molar-refractivity contribution in [2.45, 2.75) is 13.0 Å². The molecule has 164 valence electrons. The molecular weight excluding hydrogens is 428 g/mol. The molecule has 1 atom stereocenters. The summed E-state index contributed by atoms with van der Waals surface area (Å²) in [5, 5.41) is 11.1. The predicted octanol–water partition coefficient (Wildman–Crippen LogP) is 2.38. The van der Waals surface area contributed by atoms with Gasteiger partial charge in [-0.05, 0) is 30.7 Å². The normalized spacial score (nSPS) is 14.4. The zero-order valence-corrected chi connectivity index (χ0v) is 17.8. The number of fused-ring (bicyclic) bond motifs is 1.